The summed E-state index contributed by atoms with van der Waals surface area (Å²) in [4.78, 5) is 2.30. The number of fused-ring (bicyclic) bond motifs is 9. The second-order valence-corrected chi connectivity index (χ2v) is 20.2. The Bertz CT molecular complexity index is 3360. The van der Waals surface area contributed by atoms with Gasteiger partial charge in [-0.15, -0.1) is 11.3 Å². The summed E-state index contributed by atoms with van der Waals surface area (Å²) in [5.74, 6) is 0. The number of benzene rings is 9. The van der Waals surface area contributed by atoms with E-state index in [2.05, 4.69) is 242 Å². The highest BCUT2D eigenvalue weighted by Gasteiger charge is 2.36. The first-order valence-corrected chi connectivity index (χ1v) is 24.0. The maximum absolute atomic E-state index is 2.39. The molecule has 0 spiro atoms. The summed E-state index contributed by atoms with van der Waals surface area (Å²) in [5, 5.41) is 2.70. The minimum Gasteiger partial charge on any atom is -0.345 e. The number of nitrogens with zero attached hydrogens (tertiary/aromatic N) is 1. The van der Waals surface area contributed by atoms with Crippen molar-refractivity contribution in [2.45, 2.75) is 59.3 Å². The lowest BCUT2D eigenvalue weighted by molar-refractivity contribution is 0.660. The van der Waals surface area contributed by atoms with Gasteiger partial charge >= 0.3 is 0 Å². The molecule has 0 N–H and O–H groups in total. The molecule has 10 aromatic rings. The third-order valence-electron chi connectivity index (χ3n) is 14.2. The number of hydrogen-bond donors (Lipinski definition) is 0. The van der Waals surface area contributed by atoms with Crippen LogP contribution in [-0.4, -0.2) is 7.05 Å². The molecule has 1 nitrogen and oxygen atoms in total. The van der Waals surface area contributed by atoms with E-state index in [1.165, 1.54) is 115 Å². The van der Waals surface area contributed by atoms with E-state index < -0.39 is 0 Å². The van der Waals surface area contributed by atoms with E-state index in [4.69, 9.17) is 0 Å². The van der Waals surface area contributed by atoms with Gasteiger partial charge in [-0.2, -0.15) is 0 Å². The van der Waals surface area contributed by atoms with Gasteiger partial charge < -0.3 is 4.90 Å². The van der Waals surface area contributed by atoms with Gasteiger partial charge in [0.2, 0.25) is 0 Å². The molecule has 0 bridgehead atoms. The number of thiophene rings is 1. The zero-order valence-electron chi connectivity index (χ0n) is 39.4. The molecule has 12 rings (SSSR count). The fourth-order valence-electron chi connectivity index (χ4n) is 10.4. The molecule has 0 saturated heterocycles. The minimum atomic E-state index is -0.00565. The molecule has 66 heavy (non-hydrogen) atoms. The van der Waals surface area contributed by atoms with Gasteiger partial charge in [0.25, 0.3) is 0 Å². The van der Waals surface area contributed by atoms with Gasteiger partial charge in [0.1, 0.15) is 0 Å². The third-order valence-corrected chi connectivity index (χ3v) is 15.4. The van der Waals surface area contributed by atoms with Crippen molar-refractivity contribution in [3.05, 3.63) is 239 Å². The van der Waals surface area contributed by atoms with Crippen LogP contribution in [0, 0.1) is 20.8 Å². The standard InChI is InChI=1S/C42H35NS.C15H14.C7H8/c1-26-14-16-29(24-36(26)40-27(2)15-22-35-34-11-7-9-13-39(34)44-41(35)40)28-17-19-30(20-18-28)43(5)31-21-23-33-32-10-6-8-12-37(32)42(3,4)38(33)25-31;1-15(2)13-9-5-3-7-11(13)12-8-4-6-10-14(12)15;1-7-5-3-2-4-6-7/h6-25H,1-5H3;3-10H,1-2H3;2-6H,1H3. The largest absolute Gasteiger partial charge is 0.345 e. The minimum absolute atomic E-state index is 0.00565. The Morgan fingerprint density at radius 2 is 0.879 bits per heavy atom. The molecule has 2 heteroatoms. The van der Waals surface area contributed by atoms with Crippen molar-refractivity contribution in [1.29, 1.82) is 0 Å². The second kappa shape index (κ2) is 17.1. The van der Waals surface area contributed by atoms with Crippen molar-refractivity contribution in [2.24, 2.45) is 0 Å². The van der Waals surface area contributed by atoms with Crippen LogP contribution in [0.2, 0.25) is 0 Å². The average molecular weight is 872 g/mol. The summed E-state index contributed by atoms with van der Waals surface area (Å²) < 4.78 is 2.73. The van der Waals surface area contributed by atoms with E-state index in [0.29, 0.717) is 0 Å². The molecule has 0 radical (unpaired) electrons. The van der Waals surface area contributed by atoms with E-state index in [1.807, 2.05) is 29.5 Å². The van der Waals surface area contributed by atoms with Gasteiger partial charge in [-0.25, -0.2) is 0 Å². The maximum atomic E-state index is 2.39. The van der Waals surface area contributed by atoms with E-state index in [0.717, 1.165) is 0 Å². The van der Waals surface area contributed by atoms with E-state index in [1.54, 1.807) is 0 Å². The Morgan fingerprint density at radius 3 is 1.48 bits per heavy atom. The molecule has 324 valence electrons. The highest BCUT2D eigenvalue weighted by atomic mass is 32.1. The highest BCUT2D eigenvalue weighted by molar-refractivity contribution is 7.26. The van der Waals surface area contributed by atoms with Gasteiger partial charge in [0.15, 0.2) is 0 Å². The van der Waals surface area contributed by atoms with Gasteiger partial charge in [-0.05, 0) is 129 Å². The van der Waals surface area contributed by atoms with Crippen LogP contribution < -0.4 is 4.90 Å². The molecular weight excluding hydrogens is 815 g/mol. The zero-order chi connectivity index (χ0) is 45.7. The predicted octanol–water partition coefficient (Wildman–Crippen LogP) is 18.1. The van der Waals surface area contributed by atoms with Gasteiger partial charge in [0, 0.05) is 55.0 Å². The van der Waals surface area contributed by atoms with Gasteiger partial charge in [-0.3, -0.25) is 0 Å². The Hall–Kier alpha value is -7.00. The van der Waals surface area contributed by atoms with Crippen molar-refractivity contribution in [1.82, 2.24) is 0 Å². The van der Waals surface area contributed by atoms with Crippen LogP contribution in [-0.2, 0) is 10.8 Å². The molecule has 0 unspecified atom stereocenters. The van der Waals surface area contributed by atoms with E-state index >= 15 is 0 Å². The quantitative estimate of drug-likeness (QED) is 0.170. The van der Waals surface area contributed by atoms with Gasteiger partial charge in [-0.1, -0.05) is 197 Å². The van der Waals surface area contributed by atoms with Crippen LogP contribution in [0.5, 0.6) is 0 Å². The Morgan fingerprint density at radius 1 is 0.379 bits per heavy atom. The second-order valence-electron chi connectivity index (χ2n) is 19.1. The molecule has 2 aliphatic carbocycles. The molecule has 0 atom stereocenters. The van der Waals surface area contributed by atoms with Gasteiger partial charge in [0.05, 0.1) is 0 Å². The summed E-state index contributed by atoms with van der Waals surface area (Å²) >= 11 is 1.91. The molecule has 0 aliphatic heterocycles. The molecule has 0 fully saturated rings. The normalized spacial score (nSPS) is 13.4. The number of aryl methyl sites for hydroxylation is 3. The lowest BCUT2D eigenvalue weighted by Crippen LogP contribution is -2.16. The van der Waals surface area contributed by atoms with Crippen molar-refractivity contribution in [2.75, 3.05) is 11.9 Å². The van der Waals surface area contributed by atoms with Crippen LogP contribution in [0.1, 0.15) is 66.6 Å². The highest BCUT2D eigenvalue weighted by Crippen LogP contribution is 2.51. The molecule has 9 aromatic carbocycles. The molecular formula is C64H57NS. The first kappa shape index (κ1) is 42.9. The summed E-state index contributed by atoms with van der Waals surface area (Å²) in [7, 11) is 2.17. The fraction of sp³-hybridized carbons (Fsp3) is 0.156. The Balaban J connectivity index is 0.000000189. The summed E-state index contributed by atoms with van der Waals surface area (Å²) in [6.07, 6.45) is 0. The topological polar surface area (TPSA) is 3.24 Å². The average Bonchev–Trinajstić information content (AvgIpc) is 3.92. The monoisotopic (exact) mass is 871 g/mol. The molecule has 0 saturated carbocycles. The van der Waals surface area contributed by atoms with Crippen molar-refractivity contribution >= 4 is 42.9 Å². The van der Waals surface area contributed by atoms with Crippen molar-refractivity contribution in [3.63, 3.8) is 0 Å². The van der Waals surface area contributed by atoms with Crippen LogP contribution in [0.15, 0.2) is 200 Å². The summed E-state index contributed by atoms with van der Waals surface area (Å²) in [6.45, 7) is 15.9. The Kier molecular flexibility index (Phi) is 11.1. The van der Waals surface area contributed by atoms with Crippen LogP contribution in [0.4, 0.5) is 11.4 Å². The van der Waals surface area contributed by atoms with E-state index in [-0.39, 0.29) is 10.8 Å². The predicted molar refractivity (Wildman–Crippen MR) is 287 cm³/mol. The SMILES string of the molecule is CC1(C)c2ccccc2-c2ccccc21.Cc1ccc(-c2ccc(N(C)c3ccc4c(c3)C(C)(C)c3ccccc3-4)cc2)cc1-c1c(C)ccc2c1sc1ccccc12.Cc1ccccc1. The molecule has 0 amide bonds. The fourth-order valence-corrected chi connectivity index (χ4v) is 11.7. The molecule has 1 aromatic heterocycles. The zero-order valence-corrected chi connectivity index (χ0v) is 40.2. The molecule has 1 heterocycles. The molecule has 2 aliphatic rings. The first-order chi connectivity index (χ1) is 31.9. The lowest BCUT2D eigenvalue weighted by atomic mass is 9.82. The van der Waals surface area contributed by atoms with E-state index in [9.17, 15) is 0 Å². The summed E-state index contributed by atoms with van der Waals surface area (Å²) in [5.41, 5.74) is 22.9. The van der Waals surface area contributed by atoms with Crippen molar-refractivity contribution in [3.8, 4) is 44.5 Å². The summed E-state index contributed by atoms with van der Waals surface area (Å²) in [6, 6.07) is 72.8. The first-order valence-electron chi connectivity index (χ1n) is 23.2. The maximum Gasteiger partial charge on any atom is 0.0436 e. The van der Waals surface area contributed by atoms with Crippen LogP contribution in [0.25, 0.3) is 64.7 Å². The number of hydrogen-bond acceptors (Lipinski definition) is 2. The Labute approximate surface area is 395 Å². The van der Waals surface area contributed by atoms with Crippen molar-refractivity contribution < 1.29 is 0 Å². The number of rotatable bonds is 4. The number of anilines is 2. The lowest BCUT2D eigenvalue weighted by Gasteiger charge is -2.25. The van der Waals surface area contributed by atoms with Crippen LogP contribution >= 0.6 is 11.3 Å². The van der Waals surface area contributed by atoms with Crippen LogP contribution in [0.3, 0.4) is 0 Å². The smallest absolute Gasteiger partial charge is 0.0436 e. The third kappa shape index (κ3) is 7.54.